The minimum atomic E-state index is 0.486. The number of piperazine rings is 1. The Hall–Kier alpha value is -1.86. The predicted octanol–water partition coefficient (Wildman–Crippen LogP) is 2.24. The Morgan fingerprint density at radius 1 is 1.17 bits per heavy atom. The number of rotatable bonds is 8. The summed E-state index contributed by atoms with van der Waals surface area (Å²) < 4.78 is 6.00. The SMILES string of the molecule is CN=C(NCCCOC1CCCCC1)NCc1cccnc1N1CCN(C)CC1. The zero-order valence-corrected chi connectivity index (χ0v) is 18.2. The van der Waals surface area contributed by atoms with Gasteiger partial charge in [0.2, 0.25) is 0 Å². The van der Waals surface area contributed by atoms with Crippen LogP contribution in [-0.2, 0) is 11.3 Å². The number of pyridine rings is 1. The minimum Gasteiger partial charge on any atom is -0.378 e. The lowest BCUT2D eigenvalue weighted by Gasteiger charge is -2.34. The summed E-state index contributed by atoms with van der Waals surface area (Å²) in [6, 6.07) is 4.16. The highest BCUT2D eigenvalue weighted by molar-refractivity contribution is 5.79. The van der Waals surface area contributed by atoms with Gasteiger partial charge in [0.25, 0.3) is 0 Å². The molecule has 1 aliphatic heterocycles. The van der Waals surface area contributed by atoms with Crippen molar-refractivity contribution in [1.82, 2.24) is 20.5 Å². The van der Waals surface area contributed by atoms with Crippen LogP contribution in [0.4, 0.5) is 5.82 Å². The second kappa shape index (κ2) is 12.0. The fraction of sp³-hybridized carbons (Fsp3) is 0.727. The minimum absolute atomic E-state index is 0.486. The molecule has 0 aromatic carbocycles. The zero-order chi connectivity index (χ0) is 20.3. The van der Waals surface area contributed by atoms with Crippen LogP contribution in [0.25, 0.3) is 0 Å². The molecule has 7 nitrogen and oxygen atoms in total. The van der Waals surface area contributed by atoms with Gasteiger partial charge >= 0.3 is 0 Å². The molecule has 2 fully saturated rings. The molecular formula is C22H38N6O. The zero-order valence-electron chi connectivity index (χ0n) is 18.2. The maximum absolute atomic E-state index is 6.00. The average molecular weight is 403 g/mol. The molecule has 0 spiro atoms. The van der Waals surface area contributed by atoms with E-state index >= 15 is 0 Å². The molecule has 3 rings (SSSR count). The van der Waals surface area contributed by atoms with Crippen molar-refractivity contribution in [2.24, 2.45) is 4.99 Å². The second-order valence-electron chi connectivity index (χ2n) is 8.11. The quantitative estimate of drug-likeness (QED) is 0.395. The van der Waals surface area contributed by atoms with Crippen molar-refractivity contribution in [1.29, 1.82) is 0 Å². The lowest BCUT2D eigenvalue weighted by atomic mass is 9.98. The number of nitrogens with one attached hydrogen (secondary N) is 2. The molecule has 0 radical (unpaired) electrons. The summed E-state index contributed by atoms with van der Waals surface area (Å²) in [5, 5.41) is 6.84. The van der Waals surface area contributed by atoms with Crippen LogP contribution in [0.3, 0.4) is 0 Å². The number of nitrogens with zero attached hydrogens (tertiary/aromatic N) is 4. The molecule has 7 heteroatoms. The van der Waals surface area contributed by atoms with Gasteiger partial charge in [-0.25, -0.2) is 4.98 Å². The lowest BCUT2D eigenvalue weighted by Crippen LogP contribution is -2.45. The number of aromatic nitrogens is 1. The topological polar surface area (TPSA) is 65.0 Å². The van der Waals surface area contributed by atoms with Gasteiger partial charge in [-0.05, 0) is 32.4 Å². The number of anilines is 1. The molecule has 1 saturated heterocycles. The van der Waals surface area contributed by atoms with E-state index in [4.69, 9.17) is 4.74 Å². The Kier molecular flexibility index (Phi) is 9.02. The Balaban J connectivity index is 1.39. The highest BCUT2D eigenvalue weighted by atomic mass is 16.5. The summed E-state index contributed by atoms with van der Waals surface area (Å²) in [7, 11) is 3.99. The van der Waals surface area contributed by atoms with Crippen molar-refractivity contribution in [3.8, 4) is 0 Å². The molecule has 2 heterocycles. The van der Waals surface area contributed by atoms with Crippen LogP contribution < -0.4 is 15.5 Å². The van der Waals surface area contributed by atoms with Crippen LogP contribution in [-0.4, -0.2) is 75.4 Å². The smallest absolute Gasteiger partial charge is 0.191 e. The van der Waals surface area contributed by atoms with Gasteiger partial charge in [-0.1, -0.05) is 25.3 Å². The summed E-state index contributed by atoms with van der Waals surface area (Å²) in [5.74, 6) is 1.92. The number of likely N-dealkylation sites (N-methyl/N-ethyl adjacent to an activating group) is 1. The van der Waals surface area contributed by atoms with Crippen LogP contribution in [0, 0.1) is 0 Å². The second-order valence-corrected chi connectivity index (χ2v) is 8.11. The van der Waals surface area contributed by atoms with Crippen LogP contribution in [0.15, 0.2) is 23.3 Å². The van der Waals surface area contributed by atoms with Gasteiger partial charge in [0, 0.05) is 64.7 Å². The molecule has 0 atom stereocenters. The number of aliphatic imine (C=N–C) groups is 1. The Morgan fingerprint density at radius 3 is 2.72 bits per heavy atom. The lowest BCUT2D eigenvalue weighted by molar-refractivity contribution is 0.0277. The van der Waals surface area contributed by atoms with E-state index in [1.807, 2.05) is 19.3 Å². The van der Waals surface area contributed by atoms with Gasteiger partial charge in [0.15, 0.2) is 5.96 Å². The van der Waals surface area contributed by atoms with Crippen LogP contribution in [0.2, 0.25) is 0 Å². The van der Waals surface area contributed by atoms with Crippen molar-refractivity contribution < 1.29 is 4.74 Å². The van der Waals surface area contributed by atoms with Gasteiger partial charge < -0.3 is 25.2 Å². The molecule has 1 aromatic rings. The Morgan fingerprint density at radius 2 is 1.97 bits per heavy atom. The number of guanidine groups is 1. The van der Waals surface area contributed by atoms with Crippen LogP contribution in [0.1, 0.15) is 44.1 Å². The van der Waals surface area contributed by atoms with Crippen molar-refractivity contribution in [3.05, 3.63) is 23.9 Å². The molecular weight excluding hydrogens is 364 g/mol. The third kappa shape index (κ3) is 7.16. The van der Waals surface area contributed by atoms with Crippen LogP contribution >= 0.6 is 0 Å². The molecule has 0 amide bonds. The third-order valence-electron chi connectivity index (χ3n) is 5.86. The van der Waals surface area contributed by atoms with E-state index in [2.05, 4.69) is 43.5 Å². The first-order valence-corrected chi connectivity index (χ1v) is 11.2. The first-order chi connectivity index (χ1) is 14.3. The average Bonchev–Trinajstić information content (AvgIpc) is 2.77. The molecule has 29 heavy (non-hydrogen) atoms. The standard InChI is InChI=1S/C22H38N6O/c1-23-22(25-12-7-17-29-20-9-4-3-5-10-20)26-18-19-8-6-11-24-21(19)28-15-13-27(2)14-16-28/h6,8,11,20H,3-5,7,9-10,12-18H2,1-2H3,(H2,23,25,26). The van der Waals surface area contributed by atoms with Crippen molar-refractivity contribution >= 4 is 11.8 Å². The van der Waals surface area contributed by atoms with Crippen molar-refractivity contribution in [2.45, 2.75) is 51.2 Å². The Bertz CT molecular complexity index is 623. The monoisotopic (exact) mass is 402 g/mol. The number of hydrogen-bond acceptors (Lipinski definition) is 5. The van der Waals surface area contributed by atoms with Gasteiger partial charge in [-0.2, -0.15) is 0 Å². The largest absolute Gasteiger partial charge is 0.378 e. The molecule has 2 aliphatic rings. The molecule has 162 valence electrons. The summed E-state index contributed by atoms with van der Waals surface area (Å²) in [5.41, 5.74) is 1.21. The molecule has 2 N–H and O–H groups in total. The van der Waals surface area contributed by atoms with E-state index < -0.39 is 0 Å². The van der Waals surface area contributed by atoms with E-state index in [1.54, 1.807) is 0 Å². The molecule has 0 unspecified atom stereocenters. The van der Waals surface area contributed by atoms with Gasteiger partial charge in [-0.15, -0.1) is 0 Å². The normalized spacial score (nSPS) is 19.4. The molecule has 1 saturated carbocycles. The maximum Gasteiger partial charge on any atom is 0.191 e. The molecule has 1 aliphatic carbocycles. The third-order valence-corrected chi connectivity index (χ3v) is 5.86. The van der Waals surface area contributed by atoms with Gasteiger partial charge in [0.1, 0.15) is 5.82 Å². The van der Waals surface area contributed by atoms with E-state index in [9.17, 15) is 0 Å². The summed E-state index contributed by atoms with van der Waals surface area (Å²) in [6.07, 6.45) is 9.85. The fourth-order valence-corrected chi connectivity index (χ4v) is 4.03. The Labute approximate surface area is 175 Å². The van der Waals surface area contributed by atoms with Crippen molar-refractivity contribution in [2.75, 3.05) is 58.3 Å². The summed E-state index contributed by atoms with van der Waals surface area (Å²) in [4.78, 5) is 13.8. The highest BCUT2D eigenvalue weighted by Gasteiger charge is 2.18. The highest BCUT2D eigenvalue weighted by Crippen LogP contribution is 2.20. The van der Waals surface area contributed by atoms with E-state index in [0.717, 1.165) is 57.5 Å². The maximum atomic E-state index is 6.00. The van der Waals surface area contributed by atoms with Gasteiger partial charge in [-0.3, -0.25) is 4.99 Å². The van der Waals surface area contributed by atoms with E-state index in [1.165, 1.54) is 37.7 Å². The predicted molar refractivity (Wildman–Crippen MR) is 120 cm³/mol. The van der Waals surface area contributed by atoms with Gasteiger partial charge in [0.05, 0.1) is 6.10 Å². The summed E-state index contributed by atoms with van der Waals surface area (Å²) in [6.45, 7) is 6.61. The van der Waals surface area contributed by atoms with Crippen molar-refractivity contribution in [3.63, 3.8) is 0 Å². The number of ether oxygens (including phenoxy) is 1. The fourth-order valence-electron chi connectivity index (χ4n) is 4.03. The molecule has 1 aromatic heterocycles. The summed E-state index contributed by atoms with van der Waals surface area (Å²) >= 11 is 0. The first kappa shape index (κ1) is 21.8. The molecule has 0 bridgehead atoms. The number of hydrogen-bond donors (Lipinski definition) is 2. The van der Waals surface area contributed by atoms with E-state index in [0.29, 0.717) is 12.6 Å². The van der Waals surface area contributed by atoms with E-state index in [-0.39, 0.29) is 0 Å². The first-order valence-electron chi connectivity index (χ1n) is 11.2. The van der Waals surface area contributed by atoms with Crippen LogP contribution in [0.5, 0.6) is 0 Å².